The lowest BCUT2D eigenvalue weighted by Gasteiger charge is -2.42. The number of nitrogens with zero attached hydrogens (tertiary/aromatic N) is 3. The fourth-order valence-electron chi connectivity index (χ4n) is 3.86. The van der Waals surface area contributed by atoms with E-state index in [9.17, 15) is 13.2 Å². The molecule has 0 bridgehead atoms. The highest BCUT2D eigenvalue weighted by atomic mass is 32.2. The van der Waals surface area contributed by atoms with Crippen molar-refractivity contribution in [2.75, 3.05) is 44.2 Å². The SMILES string of the molecule is Cc1ccc(C)c(N2CCN(C(=O)C3CN(S(=O)(=O)C4CC4)C3)CC2)c1. The Morgan fingerprint density at radius 3 is 2.31 bits per heavy atom. The molecule has 0 N–H and O–H groups in total. The molecule has 0 aromatic heterocycles. The molecule has 1 aromatic carbocycles. The Morgan fingerprint density at radius 2 is 1.69 bits per heavy atom. The van der Waals surface area contributed by atoms with E-state index in [0.717, 1.165) is 25.9 Å². The lowest BCUT2D eigenvalue weighted by atomic mass is 10.0. The minimum atomic E-state index is -3.13. The smallest absolute Gasteiger partial charge is 0.228 e. The summed E-state index contributed by atoms with van der Waals surface area (Å²) in [6.07, 6.45) is 1.55. The highest BCUT2D eigenvalue weighted by Gasteiger charge is 2.47. The highest BCUT2D eigenvalue weighted by molar-refractivity contribution is 7.90. The van der Waals surface area contributed by atoms with Gasteiger partial charge in [0.05, 0.1) is 11.2 Å². The number of carbonyl (C=O) groups excluding carboxylic acids is 1. The average Bonchev–Trinajstić information content (AvgIpc) is 3.41. The maximum Gasteiger partial charge on any atom is 0.228 e. The van der Waals surface area contributed by atoms with Gasteiger partial charge in [-0.3, -0.25) is 4.79 Å². The summed E-state index contributed by atoms with van der Waals surface area (Å²) in [6, 6.07) is 6.47. The van der Waals surface area contributed by atoms with Crippen molar-refractivity contribution in [1.29, 1.82) is 0 Å². The molecule has 0 atom stereocenters. The van der Waals surface area contributed by atoms with Crippen LogP contribution in [0.4, 0.5) is 5.69 Å². The number of hydrogen-bond donors (Lipinski definition) is 0. The third-order valence-corrected chi connectivity index (χ3v) is 8.13. The van der Waals surface area contributed by atoms with Gasteiger partial charge in [0.1, 0.15) is 0 Å². The van der Waals surface area contributed by atoms with Crippen LogP contribution < -0.4 is 4.90 Å². The molecule has 3 fully saturated rings. The molecule has 3 aliphatic rings. The zero-order valence-corrected chi connectivity index (χ0v) is 16.3. The van der Waals surface area contributed by atoms with E-state index in [2.05, 4.69) is 36.9 Å². The van der Waals surface area contributed by atoms with E-state index in [1.54, 1.807) is 0 Å². The molecule has 0 spiro atoms. The quantitative estimate of drug-likeness (QED) is 0.795. The van der Waals surface area contributed by atoms with Gasteiger partial charge in [0.25, 0.3) is 0 Å². The first-order chi connectivity index (χ1) is 12.4. The van der Waals surface area contributed by atoms with Crippen molar-refractivity contribution in [3.8, 4) is 0 Å². The van der Waals surface area contributed by atoms with Crippen LogP contribution in [0.5, 0.6) is 0 Å². The van der Waals surface area contributed by atoms with Crippen LogP contribution in [0.1, 0.15) is 24.0 Å². The molecular formula is C19H27N3O3S. The van der Waals surface area contributed by atoms with Crippen LogP contribution >= 0.6 is 0 Å². The molecule has 26 heavy (non-hydrogen) atoms. The Kier molecular flexibility index (Phi) is 4.47. The molecule has 1 aliphatic carbocycles. The second-order valence-electron chi connectivity index (χ2n) is 7.86. The lowest BCUT2D eigenvalue weighted by molar-refractivity contribution is -0.139. The zero-order valence-electron chi connectivity index (χ0n) is 15.5. The van der Waals surface area contributed by atoms with Crippen LogP contribution in [0.15, 0.2) is 18.2 Å². The van der Waals surface area contributed by atoms with Gasteiger partial charge in [-0.25, -0.2) is 8.42 Å². The molecule has 4 rings (SSSR count). The fraction of sp³-hybridized carbons (Fsp3) is 0.632. The first kappa shape index (κ1) is 17.8. The summed E-state index contributed by atoms with van der Waals surface area (Å²) in [5.74, 6) is -0.0383. The van der Waals surface area contributed by atoms with Gasteiger partial charge in [-0.2, -0.15) is 4.31 Å². The summed E-state index contributed by atoms with van der Waals surface area (Å²) in [5, 5.41) is -0.181. The Hall–Kier alpha value is -1.60. The fourth-order valence-corrected chi connectivity index (χ4v) is 5.79. The van der Waals surface area contributed by atoms with Gasteiger partial charge < -0.3 is 9.80 Å². The third-order valence-electron chi connectivity index (χ3n) is 5.80. The van der Waals surface area contributed by atoms with Crippen LogP contribution in [-0.4, -0.2) is 68.0 Å². The van der Waals surface area contributed by atoms with Gasteiger partial charge >= 0.3 is 0 Å². The highest BCUT2D eigenvalue weighted by Crippen LogP contribution is 2.35. The van der Waals surface area contributed by atoms with E-state index in [1.807, 2.05) is 4.90 Å². The normalized spacial score (nSPS) is 22.4. The van der Waals surface area contributed by atoms with Gasteiger partial charge in [0, 0.05) is 45.0 Å². The molecular weight excluding hydrogens is 350 g/mol. The van der Waals surface area contributed by atoms with Crippen LogP contribution in [0.3, 0.4) is 0 Å². The van der Waals surface area contributed by atoms with Gasteiger partial charge in [-0.05, 0) is 43.9 Å². The summed E-state index contributed by atoms with van der Waals surface area (Å²) in [5.41, 5.74) is 3.76. The second kappa shape index (κ2) is 6.53. The number of aryl methyl sites for hydroxylation is 2. The van der Waals surface area contributed by atoms with Crippen LogP contribution in [-0.2, 0) is 14.8 Å². The monoisotopic (exact) mass is 377 g/mol. The van der Waals surface area contributed by atoms with Crippen LogP contribution in [0.25, 0.3) is 0 Å². The van der Waals surface area contributed by atoms with Crippen molar-refractivity contribution in [2.24, 2.45) is 5.92 Å². The van der Waals surface area contributed by atoms with Gasteiger partial charge in [0.2, 0.25) is 15.9 Å². The Bertz CT molecular complexity index is 805. The molecule has 2 heterocycles. The molecule has 6 nitrogen and oxygen atoms in total. The summed E-state index contributed by atoms with van der Waals surface area (Å²) in [4.78, 5) is 16.9. The predicted molar refractivity (Wildman–Crippen MR) is 102 cm³/mol. The standard InChI is InChI=1S/C19H27N3O3S/c1-14-3-4-15(2)18(11-14)20-7-9-21(10-8-20)19(23)16-12-22(13-16)26(24,25)17-5-6-17/h3-4,11,16-17H,5-10,12-13H2,1-2H3. The van der Waals surface area contributed by atoms with Gasteiger partial charge in [-0.1, -0.05) is 12.1 Å². The molecule has 142 valence electrons. The number of anilines is 1. The van der Waals surface area contributed by atoms with Crippen molar-refractivity contribution in [3.63, 3.8) is 0 Å². The topological polar surface area (TPSA) is 60.9 Å². The number of rotatable bonds is 4. The number of sulfonamides is 1. The van der Waals surface area contributed by atoms with Crippen molar-refractivity contribution >= 4 is 21.6 Å². The van der Waals surface area contributed by atoms with Gasteiger partial charge in [-0.15, -0.1) is 0 Å². The van der Waals surface area contributed by atoms with E-state index < -0.39 is 10.0 Å². The Labute approximate surface area is 155 Å². The molecule has 2 aliphatic heterocycles. The van der Waals surface area contributed by atoms with Crippen molar-refractivity contribution < 1.29 is 13.2 Å². The predicted octanol–water partition coefficient (Wildman–Crippen LogP) is 1.38. The maximum absolute atomic E-state index is 12.7. The minimum Gasteiger partial charge on any atom is -0.368 e. The molecule has 7 heteroatoms. The Balaban J connectivity index is 1.31. The van der Waals surface area contributed by atoms with Crippen LogP contribution in [0.2, 0.25) is 0 Å². The number of amides is 1. The Morgan fingerprint density at radius 1 is 1.04 bits per heavy atom. The van der Waals surface area contributed by atoms with E-state index in [0.29, 0.717) is 26.2 Å². The number of benzene rings is 1. The molecule has 1 aromatic rings. The average molecular weight is 378 g/mol. The summed E-state index contributed by atoms with van der Waals surface area (Å²) < 4.78 is 25.8. The lowest BCUT2D eigenvalue weighted by Crippen LogP contribution is -2.59. The molecule has 1 saturated carbocycles. The van der Waals surface area contributed by atoms with Crippen molar-refractivity contribution in [3.05, 3.63) is 29.3 Å². The van der Waals surface area contributed by atoms with Crippen LogP contribution in [0, 0.1) is 19.8 Å². The number of hydrogen-bond acceptors (Lipinski definition) is 4. The summed E-state index contributed by atoms with van der Waals surface area (Å²) >= 11 is 0. The molecule has 1 amide bonds. The van der Waals surface area contributed by atoms with Crippen molar-refractivity contribution in [2.45, 2.75) is 31.9 Å². The summed E-state index contributed by atoms with van der Waals surface area (Å²) in [7, 11) is -3.13. The first-order valence-corrected chi connectivity index (χ1v) is 11.0. The first-order valence-electron chi connectivity index (χ1n) is 9.46. The minimum absolute atomic E-state index is 0.118. The van der Waals surface area contributed by atoms with E-state index >= 15 is 0 Å². The second-order valence-corrected chi connectivity index (χ2v) is 10.1. The number of carbonyl (C=O) groups is 1. The molecule has 0 radical (unpaired) electrons. The van der Waals surface area contributed by atoms with E-state index in [-0.39, 0.29) is 17.1 Å². The third kappa shape index (κ3) is 3.22. The largest absolute Gasteiger partial charge is 0.368 e. The molecule has 2 saturated heterocycles. The maximum atomic E-state index is 12.7. The van der Waals surface area contributed by atoms with E-state index in [4.69, 9.17) is 0 Å². The van der Waals surface area contributed by atoms with Crippen molar-refractivity contribution in [1.82, 2.24) is 9.21 Å². The van der Waals surface area contributed by atoms with Gasteiger partial charge in [0.15, 0.2) is 0 Å². The summed E-state index contributed by atoms with van der Waals surface area (Å²) in [6.45, 7) is 8.02. The number of piperazine rings is 1. The van der Waals surface area contributed by atoms with E-state index in [1.165, 1.54) is 21.1 Å². The zero-order chi connectivity index (χ0) is 18.5. The molecule has 0 unspecified atom stereocenters.